The second kappa shape index (κ2) is 5.15. The molecule has 5 heteroatoms. The largest absolute Gasteiger partial charge is 0.497 e. The summed E-state index contributed by atoms with van der Waals surface area (Å²) in [7, 11) is 1.61. The summed E-state index contributed by atoms with van der Waals surface area (Å²) in [6.07, 6.45) is -0.841. The van der Waals surface area contributed by atoms with Gasteiger partial charge in [-0.2, -0.15) is 0 Å². The number of halogens is 1. The van der Waals surface area contributed by atoms with E-state index in [0.717, 1.165) is 16.8 Å². The average Bonchev–Trinajstić information content (AvgIpc) is 2.89. The van der Waals surface area contributed by atoms with E-state index < -0.39 is 6.10 Å². The Hall–Kier alpha value is -2.04. The minimum absolute atomic E-state index is 0.482. The first-order valence-corrected chi connectivity index (χ1v) is 6.52. The highest BCUT2D eigenvalue weighted by atomic mass is 35.5. The van der Waals surface area contributed by atoms with Crippen LogP contribution in [-0.4, -0.2) is 22.2 Å². The summed E-state index contributed by atoms with van der Waals surface area (Å²) in [5, 5.41) is 10.9. The van der Waals surface area contributed by atoms with Gasteiger partial charge >= 0.3 is 0 Å². The number of aromatic nitrogens is 2. The third-order valence-electron chi connectivity index (χ3n) is 3.13. The summed E-state index contributed by atoms with van der Waals surface area (Å²) >= 11 is 5.94. The monoisotopic (exact) mass is 288 g/mol. The van der Waals surface area contributed by atoms with Gasteiger partial charge in [0.25, 0.3) is 0 Å². The molecule has 102 valence electrons. The van der Waals surface area contributed by atoms with Crippen LogP contribution in [0.3, 0.4) is 0 Å². The number of hydrogen-bond acceptors (Lipinski definition) is 3. The number of nitrogens with zero attached hydrogens (tertiary/aromatic N) is 1. The van der Waals surface area contributed by atoms with E-state index >= 15 is 0 Å². The molecule has 0 saturated carbocycles. The lowest BCUT2D eigenvalue weighted by atomic mass is 10.1. The Balaban J connectivity index is 2.01. The summed E-state index contributed by atoms with van der Waals surface area (Å²) in [6.45, 7) is 0. The molecule has 0 aliphatic rings. The first-order valence-electron chi connectivity index (χ1n) is 6.14. The number of benzene rings is 2. The number of ether oxygens (including phenoxy) is 1. The second-order valence-electron chi connectivity index (χ2n) is 4.46. The van der Waals surface area contributed by atoms with Crippen molar-refractivity contribution in [2.24, 2.45) is 0 Å². The van der Waals surface area contributed by atoms with E-state index in [0.29, 0.717) is 16.4 Å². The number of nitrogens with one attached hydrogen (secondary N) is 1. The molecule has 2 N–H and O–H groups in total. The maximum atomic E-state index is 10.4. The molecule has 0 saturated heterocycles. The highest BCUT2D eigenvalue weighted by Gasteiger charge is 2.15. The van der Waals surface area contributed by atoms with Crippen molar-refractivity contribution in [1.82, 2.24) is 9.97 Å². The summed E-state index contributed by atoms with van der Waals surface area (Å²) in [6, 6.07) is 12.6. The molecule has 0 unspecified atom stereocenters. The van der Waals surface area contributed by atoms with Crippen molar-refractivity contribution >= 4 is 22.6 Å². The fourth-order valence-corrected chi connectivity index (χ4v) is 2.30. The molecule has 1 atom stereocenters. The molecular weight excluding hydrogens is 276 g/mol. The quantitative estimate of drug-likeness (QED) is 0.777. The number of methoxy groups -OCH3 is 1. The van der Waals surface area contributed by atoms with Gasteiger partial charge in [0.05, 0.1) is 18.1 Å². The number of aliphatic hydroxyl groups is 1. The van der Waals surface area contributed by atoms with Gasteiger partial charge in [0.1, 0.15) is 17.7 Å². The van der Waals surface area contributed by atoms with E-state index in [4.69, 9.17) is 16.3 Å². The third kappa shape index (κ3) is 2.35. The van der Waals surface area contributed by atoms with E-state index in [2.05, 4.69) is 9.97 Å². The second-order valence-corrected chi connectivity index (χ2v) is 4.90. The molecule has 3 aromatic rings. The number of H-pyrrole nitrogens is 1. The Morgan fingerprint density at radius 2 is 2.10 bits per heavy atom. The lowest BCUT2D eigenvalue weighted by Crippen LogP contribution is -2.01. The van der Waals surface area contributed by atoms with Crippen LogP contribution in [0.25, 0.3) is 11.0 Å². The van der Waals surface area contributed by atoms with Crippen LogP contribution in [0, 0.1) is 0 Å². The standard InChI is InChI=1S/C15H13ClN2O2/c1-20-11-5-6-12-13(8-11)18-15(17-12)14(19)9-3-2-4-10(16)7-9/h2-8,14,19H,1H3,(H,17,18)/t14-/m0/s1. The Morgan fingerprint density at radius 3 is 2.85 bits per heavy atom. The van der Waals surface area contributed by atoms with Crippen molar-refractivity contribution in [3.05, 3.63) is 58.9 Å². The predicted molar refractivity (Wildman–Crippen MR) is 78.2 cm³/mol. The van der Waals surface area contributed by atoms with Crippen LogP contribution in [0.5, 0.6) is 5.75 Å². The van der Waals surface area contributed by atoms with E-state index in [1.165, 1.54) is 0 Å². The van der Waals surface area contributed by atoms with Crippen LogP contribution < -0.4 is 4.74 Å². The number of aromatic amines is 1. The highest BCUT2D eigenvalue weighted by Crippen LogP contribution is 2.25. The van der Waals surface area contributed by atoms with Crippen molar-refractivity contribution in [3.63, 3.8) is 0 Å². The van der Waals surface area contributed by atoms with Crippen LogP contribution in [0.2, 0.25) is 5.02 Å². The molecule has 0 spiro atoms. The lowest BCUT2D eigenvalue weighted by molar-refractivity contribution is 0.211. The number of aliphatic hydroxyl groups excluding tert-OH is 1. The molecule has 3 rings (SSSR count). The molecular formula is C15H13ClN2O2. The van der Waals surface area contributed by atoms with E-state index in [9.17, 15) is 5.11 Å². The lowest BCUT2D eigenvalue weighted by Gasteiger charge is -2.07. The van der Waals surface area contributed by atoms with Crippen LogP contribution in [0.1, 0.15) is 17.5 Å². The van der Waals surface area contributed by atoms with Crippen LogP contribution in [0.15, 0.2) is 42.5 Å². The van der Waals surface area contributed by atoms with Crippen LogP contribution in [-0.2, 0) is 0 Å². The van der Waals surface area contributed by atoms with E-state index in [1.807, 2.05) is 24.3 Å². The van der Waals surface area contributed by atoms with Crippen molar-refractivity contribution in [1.29, 1.82) is 0 Å². The normalized spacial score (nSPS) is 12.6. The van der Waals surface area contributed by atoms with Crippen LogP contribution >= 0.6 is 11.6 Å². The van der Waals surface area contributed by atoms with Gasteiger partial charge in [-0.05, 0) is 29.8 Å². The number of hydrogen-bond donors (Lipinski definition) is 2. The summed E-state index contributed by atoms with van der Waals surface area (Å²) in [4.78, 5) is 7.49. The zero-order valence-corrected chi connectivity index (χ0v) is 11.6. The topological polar surface area (TPSA) is 58.1 Å². The zero-order valence-electron chi connectivity index (χ0n) is 10.8. The van der Waals surface area contributed by atoms with Gasteiger partial charge in [0.2, 0.25) is 0 Å². The van der Waals surface area contributed by atoms with Gasteiger partial charge in [-0.1, -0.05) is 23.7 Å². The van der Waals surface area contributed by atoms with Crippen LogP contribution in [0.4, 0.5) is 0 Å². The molecule has 1 aromatic heterocycles. The number of rotatable bonds is 3. The molecule has 2 aromatic carbocycles. The first kappa shape index (κ1) is 13.0. The third-order valence-corrected chi connectivity index (χ3v) is 3.37. The maximum absolute atomic E-state index is 10.4. The Labute approximate surface area is 121 Å². The fraction of sp³-hybridized carbons (Fsp3) is 0.133. The van der Waals surface area contributed by atoms with Gasteiger partial charge in [-0.15, -0.1) is 0 Å². The van der Waals surface area contributed by atoms with Gasteiger partial charge in [-0.25, -0.2) is 4.98 Å². The van der Waals surface area contributed by atoms with Gasteiger partial charge in [0, 0.05) is 11.1 Å². The molecule has 20 heavy (non-hydrogen) atoms. The smallest absolute Gasteiger partial charge is 0.140 e. The highest BCUT2D eigenvalue weighted by molar-refractivity contribution is 6.30. The minimum atomic E-state index is -0.841. The molecule has 0 aliphatic heterocycles. The van der Waals surface area contributed by atoms with E-state index in [1.54, 1.807) is 25.3 Å². The van der Waals surface area contributed by atoms with Gasteiger partial charge in [0.15, 0.2) is 0 Å². The maximum Gasteiger partial charge on any atom is 0.140 e. The molecule has 0 aliphatic carbocycles. The molecule has 4 nitrogen and oxygen atoms in total. The minimum Gasteiger partial charge on any atom is -0.497 e. The number of fused-ring (bicyclic) bond motifs is 1. The molecule has 1 heterocycles. The van der Waals surface area contributed by atoms with Crippen molar-refractivity contribution in [3.8, 4) is 5.75 Å². The van der Waals surface area contributed by atoms with Gasteiger partial charge in [-0.3, -0.25) is 0 Å². The Kier molecular flexibility index (Phi) is 3.34. The van der Waals surface area contributed by atoms with Gasteiger partial charge < -0.3 is 14.8 Å². The average molecular weight is 289 g/mol. The van der Waals surface area contributed by atoms with Crippen molar-refractivity contribution < 1.29 is 9.84 Å². The van der Waals surface area contributed by atoms with Crippen molar-refractivity contribution in [2.45, 2.75) is 6.10 Å². The fourth-order valence-electron chi connectivity index (χ4n) is 2.10. The molecule has 0 fully saturated rings. The molecule has 0 radical (unpaired) electrons. The molecule has 0 amide bonds. The van der Waals surface area contributed by atoms with E-state index in [-0.39, 0.29) is 0 Å². The first-order chi connectivity index (χ1) is 9.67. The molecule has 0 bridgehead atoms. The summed E-state index contributed by atoms with van der Waals surface area (Å²) in [5.41, 5.74) is 2.30. The SMILES string of the molecule is COc1ccc2nc([C@@H](O)c3cccc(Cl)c3)[nH]c2c1. The number of imidazole rings is 1. The summed E-state index contributed by atoms with van der Waals surface area (Å²) in [5.74, 6) is 1.22. The predicted octanol–water partition coefficient (Wildman–Crippen LogP) is 3.31. The summed E-state index contributed by atoms with van der Waals surface area (Å²) < 4.78 is 5.16. The van der Waals surface area contributed by atoms with Crippen molar-refractivity contribution in [2.75, 3.05) is 7.11 Å². The Bertz CT molecular complexity index is 754. The Morgan fingerprint density at radius 1 is 1.25 bits per heavy atom. The zero-order chi connectivity index (χ0) is 14.1.